The van der Waals surface area contributed by atoms with Gasteiger partial charge in [-0.1, -0.05) is 0 Å². The molecule has 0 aromatic heterocycles. The Bertz CT molecular complexity index is 637. The van der Waals surface area contributed by atoms with Gasteiger partial charge in [0.05, 0.1) is 18.1 Å². The van der Waals surface area contributed by atoms with Crippen LogP contribution < -0.4 is 10.5 Å². The van der Waals surface area contributed by atoms with Gasteiger partial charge in [0.2, 0.25) is 10.0 Å². The molecule has 1 aliphatic rings. The van der Waals surface area contributed by atoms with Crippen molar-refractivity contribution in [2.24, 2.45) is 5.73 Å². The zero-order chi connectivity index (χ0) is 14.9. The van der Waals surface area contributed by atoms with Gasteiger partial charge in [-0.25, -0.2) is 8.42 Å². The van der Waals surface area contributed by atoms with E-state index in [-0.39, 0.29) is 42.2 Å². The average Bonchev–Trinajstić information content (AvgIpc) is 2.85. The maximum atomic E-state index is 12.4. The fourth-order valence-corrected chi connectivity index (χ4v) is 3.75. The molecule has 2 rings (SSSR count). The summed E-state index contributed by atoms with van der Waals surface area (Å²) in [4.78, 5) is 9.99. The molecule has 0 spiro atoms. The van der Waals surface area contributed by atoms with Crippen molar-refractivity contribution in [1.29, 1.82) is 0 Å². The standard InChI is InChI=1S/C11H15N3O5S.ClH/c1-19-9-2-3-11(10(6-9)14(15)16)20(17,18)13-5-4-8(12)7-13;/h2-3,6,8H,4-5,7,12H2,1H3;1H/t8-;/m1./s1. The van der Waals surface area contributed by atoms with E-state index in [2.05, 4.69) is 0 Å². The number of nitro benzene ring substituents is 1. The number of nitrogens with zero attached hydrogens (tertiary/aromatic N) is 2. The SMILES string of the molecule is COc1ccc(S(=O)(=O)N2CC[C@@H](N)C2)c([N+](=O)[O-])c1.Cl. The van der Waals surface area contributed by atoms with Crippen LogP contribution in [0, 0.1) is 10.1 Å². The molecular formula is C11H16ClN3O5S. The summed E-state index contributed by atoms with van der Waals surface area (Å²) in [5.41, 5.74) is 5.19. The van der Waals surface area contributed by atoms with Crippen LogP contribution >= 0.6 is 12.4 Å². The summed E-state index contributed by atoms with van der Waals surface area (Å²) in [5, 5.41) is 11.1. The quantitative estimate of drug-likeness (QED) is 0.640. The number of nitrogens with two attached hydrogens (primary N) is 1. The number of benzene rings is 1. The number of rotatable bonds is 4. The molecule has 0 bridgehead atoms. The fraction of sp³-hybridized carbons (Fsp3) is 0.455. The highest BCUT2D eigenvalue weighted by atomic mass is 35.5. The van der Waals surface area contributed by atoms with Gasteiger partial charge in [0, 0.05) is 19.1 Å². The molecule has 1 saturated heterocycles. The summed E-state index contributed by atoms with van der Waals surface area (Å²) in [6.45, 7) is 0.443. The molecule has 21 heavy (non-hydrogen) atoms. The lowest BCUT2D eigenvalue weighted by atomic mass is 10.3. The maximum absolute atomic E-state index is 12.4. The van der Waals surface area contributed by atoms with Gasteiger partial charge < -0.3 is 10.5 Å². The van der Waals surface area contributed by atoms with Crippen LogP contribution in [0.25, 0.3) is 0 Å². The van der Waals surface area contributed by atoms with E-state index >= 15 is 0 Å². The number of nitro groups is 1. The highest BCUT2D eigenvalue weighted by molar-refractivity contribution is 7.89. The molecule has 1 fully saturated rings. The zero-order valence-corrected chi connectivity index (χ0v) is 12.9. The van der Waals surface area contributed by atoms with E-state index in [0.717, 1.165) is 6.07 Å². The first kappa shape index (κ1) is 17.6. The molecule has 0 unspecified atom stereocenters. The average molecular weight is 338 g/mol. The fourth-order valence-electron chi connectivity index (χ4n) is 2.10. The van der Waals surface area contributed by atoms with Gasteiger partial charge in [-0.3, -0.25) is 10.1 Å². The van der Waals surface area contributed by atoms with Crippen LogP contribution in [0.1, 0.15) is 6.42 Å². The van der Waals surface area contributed by atoms with Crippen molar-refractivity contribution in [1.82, 2.24) is 4.31 Å². The van der Waals surface area contributed by atoms with E-state index in [4.69, 9.17) is 10.5 Å². The minimum absolute atomic E-state index is 0. The molecular weight excluding hydrogens is 322 g/mol. The van der Waals surface area contributed by atoms with Gasteiger partial charge in [0.25, 0.3) is 5.69 Å². The largest absolute Gasteiger partial charge is 0.497 e. The van der Waals surface area contributed by atoms with Crippen LogP contribution in [0.5, 0.6) is 5.75 Å². The molecule has 1 aliphatic heterocycles. The Labute approximate surface area is 128 Å². The first-order chi connectivity index (χ1) is 9.36. The van der Waals surface area contributed by atoms with E-state index in [1.54, 1.807) is 0 Å². The molecule has 1 atom stereocenters. The predicted molar refractivity (Wildman–Crippen MR) is 78.2 cm³/mol. The zero-order valence-electron chi connectivity index (χ0n) is 11.3. The number of ether oxygens (including phenoxy) is 1. The van der Waals surface area contributed by atoms with Gasteiger partial charge in [0.15, 0.2) is 4.90 Å². The van der Waals surface area contributed by atoms with Crippen molar-refractivity contribution < 1.29 is 18.1 Å². The summed E-state index contributed by atoms with van der Waals surface area (Å²) >= 11 is 0. The molecule has 0 amide bonds. The van der Waals surface area contributed by atoms with Gasteiger partial charge in [0.1, 0.15) is 5.75 Å². The first-order valence-corrected chi connectivity index (χ1v) is 7.38. The monoisotopic (exact) mass is 337 g/mol. The summed E-state index contributed by atoms with van der Waals surface area (Å²) in [5.74, 6) is 0.230. The van der Waals surface area contributed by atoms with Crippen molar-refractivity contribution >= 4 is 28.1 Å². The van der Waals surface area contributed by atoms with Crippen molar-refractivity contribution in [2.75, 3.05) is 20.2 Å². The van der Waals surface area contributed by atoms with Gasteiger partial charge >= 0.3 is 0 Å². The minimum Gasteiger partial charge on any atom is -0.497 e. The van der Waals surface area contributed by atoms with E-state index < -0.39 is 20.6 Å². The molecule has 0 radical (unpaired) electrons. The Balaban J connectivity index is 0.00000220. The molecule has 0 aliphatic carbocycles. The number of halogens is 1. The van der Waals surface area contributed by atoms with Crippen LogP contribution in [-0.2, 0) is 10.0 Å². The third kappa shape index (κ3) is 3.43. The number of hydrogen-bond acceptors (Lipinski definition) is 6. The van der Waals surface area contributed by atoms with E-state index in [1.807, 2.05) is 0 Å². The summed E-state index contributed by atoms with van der Waals surface area (Å²) in [6.07, 6.45) is 0.545. The van der Waals surface area contributed by atoms with E-state index in [9.17, 15) is 18.5 Å². The highest BCUT2D eigenvalue weighted by Gasteiger charge is 2.35. The van der Waals surface area contributed by atoms with Crippen molar-refractivity contribution in [3.05, 3.63) is 28.3 Å². The molecule has 0 saturated carbocycles. The second-order valence-electron chi connectivity index (χ2n) is 4.50. The van der Waals surface area contributed by atoms with Gasteiger partial charge in [-0.05, 0) is 18.6 Å². The lowest BCUT2D eigenvalue weighted by molar-refractivity contribution is -0.387. The van der Waals surface area contributed by atoms with Gasteiger partial charge in [-0.2, -0.15) is 4.31 Å². The maximum Gasteiger partial charge on any atom is 0.293 e. The predicted octanol–water partition coefficient (Wildman–Crippen LogP) is 0.747. The van der Waals surface area contributed by atoms with E-state index in [0.29, 0.717) is 6.42 Å². The molecule has 118 valence electrons. The Morgan fingerprint density at radius 3 is 2.62 bits per heavy atom. The molecule has 8 nitrogen and oxygen atoms in total. The second kappa shape index (κ2) is 6.56. The van der Waals surface area contributed by atoms with Crippen LogP contribution in [0.2, 0.25) is 0 Å². The Morgan fingerprint density at radius 1 is 1.48 bits per heavy atom. The summed E-state index contributed by atoms with van der Waals surface area (Å²) < 4.78 is 30.9. The van der Waals surface area contributed by atoms with Crippen LogP contribution in [0.4, 0.5) is 5.69 Å². The van der Waals surface area contributed by atoms with Gasteiger partial charge in [-0.15, -0.1) is 12.4 Å². The molecule has 1 heterocycles. The smallest absolute Gasteiger partial charge is 0.293 e. The molecule has 1 aromatic carbocycles. The Hall–Kier alpha value is -1.42. The molecule has 1 aromatic rings. The van der Waals surface area contributed by atoms with Crippen molar-refractivity contribution in [2.45, 2.75) is 17.4 Å². The third-order valence-electron chi connectivity index (χ3n) is 3.17. The highest BCUT2D eigenvalue weighted by Crippen LogP contribution is 2.31. The summed E-state index contributed by atoms with van der Waals surface area (Å²) in [6, 6.07) is 3.44. The van der Waals surface area contributed by atoms with Crippen molar-refractivity contribution in [3.63, 3.8) is 0 Å². The number of sulfonamides is 1. The normalized spacial score (nSPS) is 19.0. The lowest BCUT2D eigenvalue weighted by Crippen LogP contribution is -2.32. The first-order valence-electron chi connectivity index (χ1n) is 5.94. The van der Waals surface area contributed by atoms with Crippen LogP contribution in [0.15, 0.2) is 23.1 Å². The Kier molecular flexibility index (Phi) is 5.51. The minimum atomic E-state index is -3.92. The van der Waals surface area contributed by atoms with Crippen LogP contribution in [0.3, 0.4) is 0 Å². The number of methoxy groups -OCH3 is 1. The Morgan fingerprint density at radius 2 is 2.14 bits per heavy atom. The van der Waals surface area contributed by atoms with Crippen LogP contribution in [-0.4, -0.2) is 43.9 Å². The lowest BCUT2D eigenvalue weighted by Gasteiger charge is -2.16. The number of hydrogen-bond donors (Lipinski definition) is 1. The van der Waals surface area contributed by atoms with E-state index in [1.165, 1.54) is 23.5 Å². The molecule has 2 N–H and O–H groups in total. The molecule has 10 heteroatoms. The third-order valence-corrected chi connectivity index (χ3v) is 5.08. The van der Waals surface area contributed by atoms with Crippen molar-refractivity contribution in [3.8, 4) is 5.75 Å². The topological polar surface area (TPSA) is 116 Å². The summed E-state index contributed by atoms with van der Waals surface area (Å²) in [7, 11) is -2.56. The second-order valence-corrected chi connectivity index (χ2v) is 6.41.